The van der Waals surface area contributed by atoms with Gasteiger partial charge in [0.1, 0.15) is 5.60 Å². The number of carbonyl (C=O) groups excluding carboxylic acids is 1. The Balaban J connectivity index is 2.65. The van der Waals surface area contributed by atoms with Crippen LogP contribution in [-0.2, 0) is 16.0 Å². The van der Waals surface area contributed by atoms with Gasteiger partial charge in [0.2, 0.25) is 0 Å². The van der Waals surface area contributed by atoms with Crippen molar-refractivity contribution >= 4 is 17.3 Å². The summed E-state index contributed by atoms with van der Waals surface area (Å²) in [6, 6.07) is 3.06. The van der Waals surface area contributed by atoms with Crippen LogP contribution in [0.2, 0.25) is 0 Å². The maximum atomic E-state index is 13.7. The Kier molecular flexibility index (Phi) is 4.16. The standard InChI is InChI=1S/C13H19FN2O2/c1-13(2,3)18-10(17)7-5-8-4-6-9(15)12(16)11(8)14/h4,6H,5,7,15-16H2,1-3H3. The number of nitrogens with two attached hydrogens (primary N) is 2. The lowest BCUT2D eigenvalue weighted by Gasteiger charge is -2.19. The Hall–Kier alpha value is -1.78. The first kappa shape index (κ1) is 14.3. The molecular weight excluding hydrogens is 235 g/mol. The van der Waals surface area contributed by atoms with Crippen molar-refractivity contribution in [3.8, 4) is 0 Å². The van der Waals surface area contributed by atoms with Crippen molar-refractivity contribution in [2.75, 3.05) is 11.5 Å². The lowest BCUT2D eigenvalue weighted by Crippen LogP contribution is -2.24. The fourth-order valence-corrected chi connectivity index (χ4v) is 1.48. The molecule has 5 heteroatoms. The number of anilines is 2. The Morgan fingerprint density at radius 3 is 2.50 bits per heavy atom. The molecule has 0 saturated heterocycles. The van der Waals surface area contributed by atoms with Gasteiger partial charge < -0.3 is 16.2 Å². The van der Waals surface area contributed by atoms with E-state index in [4.69, 9.17) is 16.2 Å². The number of rotatable bonds is 3. The zero-order valence-corrected chi connectivity index (χ0v) is 10.9. The number of ether oxygens (including phenoxy) is 1. The highest BCUT2D eigenvalue weighted by Crippen LogP contribution is 2.23. The molecule has 0 atom stereocenters. The monoisotopic (exact) mass is 254 g/mol. The van der Waals surface area contributed by atoms with Crippen LogP contribution in [0.5, 0.6) is 0 Å². The molecule has 1 rings (SSSR count). The van der Waals surface area contributed by atoms with Crippen LogP contribution in [0.3, 0.4) is 0 Å². The van der Waals surface area contributed by atoms with E-state index in [1.165, 1.54) is 12.1 Å². The molecule has 0 amide bonds. The summed E-state index contributed by atoms with van der Waals surface area (Å²) in [5.74, 6) is -0.921. The number of halogens is 1. The fourth-order valence-electron chi connectivity index (χ4n) is 1.48. The van der Waals surface area contributed by atoms with Crippen molar-refractivity contribution in [1.82, 2.24) is 0 Å². The van der Waals surface area contributed by atoms with Gasteiger partial charge in [-0.25, -0.2) is 4.39 Å². The Bertz CT molecular complexity index is 453. The summed E-state index contributed by atoms with van der Waals surface area (Å²) in [4.78, 5) is 11.5. The molecule has 0 fully saturated rings. The third-order valence-electron chi connectivity index (χ3n) is 2.31. The molecule has 0 radical (unpaired) electrons. The first-order chi connectivity index (χ1) is 8.20. The summed E-state index contributed by atoms with van der Waals surface area (Å²) in [6.45, 7) is 5.35. The van der Waals surface area contributed by atoms with Gasteiger partial charge in [0.15, 0.2) is 5.82 Å². The highest BCUT2D eigenvalue weighted by Gasteiger charge is 2.17. The van der Waals surface area contributed by atoms with Gasteiger partial charge in [-0.2, -0.15) is 0 Å². The minimum absolute atomic E-state index is 0.0725. The molecular formula is C13H19FN2O2. The van der Waals surface area contributed by atoms with Crippen LogP contribution in [0.15, 0.2) is 12.1 Å². The smallest absolute Gasteiger partial charge is 0.306 e. The largest absolute Gasteiger partial charge is 0.460 e. The molecule has 0 unspecified atom stereocenters. The molecule has 0 heterocycles. The molecule has 1 aromatic carbocycles. The highest BCUT2D eigenvalue weighted by molar-refractivity contribution is 5.71. The molecule has 0 spiro atoms. The van der Waals surface area contributed by atoms with Crippen LogP contribution < -0.4 is 11.5 Å². The molecule has 0 bridgehead atoms. The second-order valence-electron chi connectivity index (χ2n) is 5.13. The molecule has 0 aromatic heterocycles. The number of carbonyl (C=O) groups is 1. The highest BCUT2D eigenvalue weighted by atomic mass is 19.1. The zero-order valence-electron chi connectivity index (χ0n) is 10.9. The molecule has 100 valence electrons. The lowest BCUT2D eigenvalue weighted by atomic mass is 10.1. The van der Waals surface area contributed by atoms with Gasteiger partial charge in [0.25, 0.3) is 0 Å². The Morgan fingerprint density at radius 2 is 1.94 bits per heavy atom. The minimum atomic E-state index is -0.557. The third kappa shape index (κ3) is 3.91. The van der Waals surface area contributed by atoms with Crippen LogP contribution >= 0.6 is 0 Å². The average molecular weight is 254 g/mol. The van der Waals surface area contributed by atoms with Crippen molar-refractivity contribution in [2.45, 2.75) is 39.2 Å². The quantitative estimate of drug-likeness (QED) is 0.640. The first-order valence-corrected chi connectivity index (χ1v) is 5.75. The van der Waals surface area contributed by atoms with Crippen molar-refractivity contribution in [3.63, 3.8) is 0 Å². The third-order valence-corrected chi connectivity index (χ3v) is 2.31. The van der Waals surface area contributed by atoms with E-state index in [1.54, 1.807) is 20.8 Å². The van der Waals surface area contributed by atoms with E-state index in [-0.39, 0.29) is 30.2 Å². The molecule has 0 aliphatic carbocycles. The van der Waals surface area contributed by atoms with Gasteiger partial charge in [-0.1, -0.05) is 6.07 Å². The van der Waals surface area contributed by atoms with E-state index < -0.39 is 11.4 Å². The summed E-state index contributed by atoms with van der Waals surface area (Å²) in [5, 5.41) is 0. The van der Waals surface area contributed by atoms with Gasteiger partial charge >= 0.3 is 5.97 Å². The molecule has 1 aromatic rings. The predicted octanol–water partition coefficient (Wildman–Crippen LogP) is 2.26. The van der Waals surface area contributed by atoms with E-state index >= 15 is 0 Å². The van der Waals surface area contributed by atoms with Crippen LogP contribution in [0.4, 0.5) is 15.8 Å². The van der Waals surface area contributed by atoms with Crippen LogP contribution in [0.25, 0.3) is 0 Å². The zero-order chi connectivity index (χ0) is 13.9. The Labute approximate surface area is 106 Å². The van der Waals surface area contributed by atoms with Crippen LogP contribution in [0.1, 0.15) is 32.8 Å². The summed E-state index contributed by atoms with van der Waals surface area (Å²) < 4.78 is 18.8. The molecule has 0 aliphatic heterocycles. The number of nitrogen functional groups attached to an aromatic ring is 2. The normalized spacial score (nSPS) is 11.3. The molecule has 4 nitrogen and oxygen atoms in total. The second-order valence-corrected chi connectivity index (χ2v) is 5.13. The van der Waals surface area contributed by atoms with Gasteiger partial charge in [0, 0.05) is 6.42 Å². The van der Waals surface area contributed by atoms with Crippen molar-refractivity contribution in [1.29, 1.82) is 0 Å². The van der Waals surface area contributed by atoms with Gasteiger partial charge in [-0.05, 0) is 38.8 Å². The summed E-state index contributed by atoms with van der Waals surface area (Å²) in [6.07, 6.45) is 0.350. The average Bonchev–Trinajstić information content (AvgIpc) is 2.22. The van der Waals surface area contributed by atoms with Gasteiger partial charge in [-0.3, -0.25) is 4.79 Å². The summed E-state index contributed by atoms with van der Waals surface area (Å²) >= 11 is 0. The molecule has 0 aliphatic rings. The number of aryl methyl sites for hydroxylation is 1. The van der Waals surface area contributed by atoms with E-state index in [0.29, 0.717) is 5.56 Å². The van der Waals surface area contributed by atoms with Crippen LogP contribution in [-0.4, -0.2) is 11.6 Å². The Morgan fingerprint density at radius 1 is 1.33 bits per heavy atom. The topological polar surface area (TPSA) is 78.3 Å². The number of hydrogen-bond acceptors (Lipinski definition) is 4. The number of esters is 1. The van der Waals surface area contributed by atoms with E-state index in [9.17, 15) is 9.18 Å². The fraction of sp³-hybridized carbons (Fsp3) is 0.462. The number of hydrogen-bond donors (Lipinski definition) is 2. The number of benzene rings is 1. The minimum Gasteiger partial charge on any atom is -0.460 e. The van der Waals surface area contributed by atoms with Crippen molar-refractivity contribution in [2.24, 2.45) is 0 Å². The van der Waals surface area contributed by atoms with E-state index in [2.05, 4.69) is 0 Å². The lowest BCUT2D eigenvalue weighted by molar-refractivity contribution is -0.154. The molecule has 4 N–H and O–H groups in total. The van der Waals surface area contributed by atoms with E-state index in [1.807, 2.05) is 0 Å². The van der Waals surface area contributed by atoms with Gasteiger partial charge in [0.05, 0.1) is 11.4 Å². The van der Waals surface area contributed by atoms with Crippen molar-refractivity contribution < 1.29 is 13.9 Å². The summed E-state index contributed by atoms with van der Waals surface area (Å²) in [7, 11) is 0. The van der Waals surface area contributed by atoms with Gasteiger partial charge in [-0.15, -0.1) is 0 Å². The van der Waals surface area contributed by atoms with Crippen LogP contribution in [0, 0.1) is 5.82 Å². The summed E-state index contributed by atoms with van der Waals surface area (Å²) in [5.41, 5.74) is 10.9. The molecule has 18 heavy (non-hydrogen) atoms. The molecule has 0 saturated carbocycles. The second kappa shape index (κ2) is 5.25. The maximum absolute atomic E-state index is 13.7. The van der Waals surface area contributed by atoms with E-state index in [0.717, 1.165) is 0 Å². The first-order valence-electron chi connectivity index (χ1n) is 5.75. The predicted molar refractivity (Wildman–Crippen MR) is 69.4 cm³/mol. The maximum Gasteiger partial charge on any atom is 0.306 e. The SMILES string of the molecule is CC(C)(C)OC(=O)CCc1ccc(N)c(N)c1F. The van der Waals surface area contributed by atoms with Crippen molar-refractivity contribution in [3.05, 3.63) is 23.5 Å².